The first kappa shape index (κ1) is 21.3. The quantitative estimate of drug-likeness (QED) is 0.482. The molecule has 158 valence electrons. The molecule has 0 saturated carbocycles. The van der Waals surface area contributed by atoms with Crippen molar-refractivity contribution in [3.05, 3.63) is 59.9 Å². The lowest BCUT2D eigenvalue weighted by atomic mass is 10.1. The Bertz CT molecular complexity index is 1030. The molecule has 0 saturated heterocycles. The SMILES string of the molecule is Cc1cc(Nc2cc(-c3cccc(OC(F)(F)F)c3)nc(NCCO)n2)ccc1F. The molecule has 0 atom stereocenters. The number of ether oxygens (including phenoxy) is 1. The van der Waals surface area contributed by atoms with Gasteiger partial charge in [0.05, 0.1) is 12.3 Å². The van der Waals surface area contributed by atoms with Crippen LogP contribution < -0.4 is 15.4 Å². The number of nitrogens with one attached hydrogen (secondary N) is 2. The summed E-state index contributed by atoms with van der Waals surface area (Å²) >= 11 is 0. The lowest BCUT2D eigenvalue weighted by Crippen LogP contribution is -2.17. The third-order valence-corrected chi connectivity index (χ3v) is 3.91. The summed E-state index contributed by atoms with van der Waals surface area (Å²) in [6.45, 7) is 1.63. The molecule has 2 aromatic carbocycles. The van der Waals surface area contributed by atoms with Crippen molar-refractivity contribution in [1.29, 1.82) is 0 Å². The number of halogens is 4. The van der Waals surface area contributed by atoms with Gasteiger partial charge in [0, 0.05) is 23.9 Å². The highest BCUT2D eigenvalue weighted by Crippen LogP contribution is 2.29. The molecule has 1 heterocycles. The van der Waals surface area contributed by atoms with Crippen LogP contribution in [0.1, 0.15) is 5.56 Å². The zero-order chi connectivity index (χ0) is 21.7. The minimum Gasteiger partial charge on any atom is -0.406 e. The Morgan fingerprint density at radius 2 is 1.87 bits per heavy atom. The van der Waals surface area contributed by atoms with E-state index in [9.17, 15) is 17.6 Å². The first-order valence-corrected chi connectivity index (χ1v) is 8.87. The molecular formula is C20H18F4N4O2. The maximum absolute atomic E-state index is 13.5. The van der Waals surface area contributed by atoms with Gasteiger partial charge < -0.3 is 20.5 Å². The molecule has 3 rings (SSSR count). The minimum atomic E-state index is -4.81. The van der Waals surface area contributed by atoms with Gasteiger partial charge in [-0.1, -0.05) is 12.1 Å². The number of hydrogen-bond donors (Lipinski definition) is 3. The normalized spacial score (nSPS) is 11.3. The van der Waals surface area contributed by atoms with Gasteiger partial charge >= 0.3 is 6.36 Å². The van der Waals surface area contributed by atoms with E-state index in [4.69, 9.17) is 5.11 Å². The molecule has 30 heavy (non-hydrogen) atoms. The number of aromatic nitrogens is 2. The van der Waals surface area contributed by atoms with E-state index >= 15 is 0 Å². The number of anilines is 3. The second-order valence-electron chi connectivity index (χ2n) is 6.28. The average Bonchev–Trinajstić information content (AvgIpc) is 2.68. The molecule has 10 heteroatoms. The van der Waals surface area contributed by atoms with Crippen LogP contribution in [0, 0.1) is 12.7 Å². The highest BCUT2D eigenvalue weighted by atomic mass is 19.4. The first-order chi connectivity index (χ1) is 14.2. The largest absolute Gasteiger partial charge is 0.573 e. The summed E-state index contributed by atoms with van der Waals surface area (Å²) < 4.78 is 55.1. The fourth-order valence-corrected chi connectivity index (χ4v) is 2.63. The van der Waals surface area contributed by atoms with Crippen LogP contribution in [0.2, 0.25) is 0 Å². The van der Waals surface area contributed by atoms with Crippen molar-refractivity contribution in [2.75, 3.05) is 23.8 Å². The van der Waals surface area contributed by atoms with Crippen LogP contribution >= 0.6 is 0 Å². The lowest BCUT2D eigenvalue weighted by molar-refractivity contribution is -0.274. The third kappa shape index (κ3) is 5.80. The van der Waals surface area contributed by atoms with Gasteiger partial charge in [-0.3, -0.25) is 0 Å². The second-order valence-corrected chi connectivity index (χ2v) is 6.28. The summed E-state index contributed by atoms with van der Waals surface area (Å²) in [5, 5.41) is 14.9. The number of rotatable bonds is 7. The predicted octanol–water partition coefficient (Wildman–Crippen LogP) is 4.64. The van der Waals surface area contributed by atoms with Crippen LogP contribution in [0.5, 0.6) is 5.75 Å². The highest BCUT2D eigenvalue weighted by Gasteiger charge is 2.31. The van der Waals surface area contributed by atoms with Crippen molar-refractivity contribution < 1.29 is 27.4 Å². The highest BCUT2D eigenvalue weighted by molar-refractivity contribution is 5.68. The number of alkyl halides is 3. The van der Waals surface area contributed by atoms with Crippen LogP contribution in [0.4, 0.5) is 35.0 Å². The summed E-state index contributed by atoms with van der Waals surface area (Å²) in [6, 6.07) is 11.3. The van der Waals surface area contributed by atoms with Crippen molar-refractivity contribution in [2.45, 2.75) is 13.3 Å². The van der Waals surface area contributed by atoms with E-state index < -0.39 is 6.36 Å². The molecule has 0 fully saturated rings. The average molecular weight is 422 g/mol. The molecule has 3 aromatic rings. The maximum atomic E-state index is 13.5. The van der Waals surface area contributed by atoms with Gasteiger partial charge in [0.2, 0.25) is 5.95 Å². The summed E-state index contributed by atoms with van der Waals surface area (Å²) in [6.07, 6.45) is -4.81. The molecule has 1 aromatic heterocycles. The van der Waals surface area contributed by atoms with Gasteiger partial charge in [-0.05, 0) is 42.8 Å². The molecule has 0 aliphatic rings. The van der Waals surface area contributed by atoms with Crippen LogP contribution in [0.25, 0.3) is 11.3 Å². The van der Waals surface area contributed by atoms with E-state index in [0.29, 0.717) is 28.3 Å². The fourth-order valence-electron chi connectivity index (χ4n) is 2.63. The molecule has 0 bridgehead atoms. The molecule has 3 N–H and O–H groups in total. The molecule has 0 spiro atoms. The van der Waals surface area contributed by atoms with Crippen molar-refractivity contribution in [1.82, 2.24) is 9.97 Å². The molecule has 0 aliphatic carbocycles. The smallest absolute Gasteiger partial charge is 0.406 e. The predicted molar refractivity (Wildman–Crippen MR) is 104 cm³/mol. The van der Waals surface area contributed by atoms with E-state index in [-0.39, 0.29) is 30.7 Å². The molecule has 0 radical (unpaired) electrons. The summed E-state index contributed by atoms with van der Waals surface area (Å²) in [7, 11) is 0. The minimum absolute atomic E-state index is 0.157. The number of aryl methyl sites for hydroxylation is 1. The van der Waals surface area contributed by atoms with Crippen LogP contribution in [0.15, 0.2) is 48.5 Å². The van der Waals surface area contributed by atoms with Gasteiger partial charge in [0.15, 0.2) is 0 Å². The zero-order valence-electron chi connectivity index (χ0n) is 15.8. The third-order valence-electron chi connectivity index (χ3n) is 3.91. The Kier molecular flexibility index (Phi) is 6.36. The van der Waals surface area contributed by atoms with E-state index in [0.717, 1.165) is 0 Å². The van der Waals surface area contributed by atoms with Crippen LogP contribution in [0.3, 0.4) is 0 Å². The van der Waals surface area contributed by atoms with Crippen molar-refractivity contribution in [3.63, 3.8) is 0 Å². The fraction of sp³-hybridized carbons (Fsp3) is 0.200. The van der Waals surface area contributed by atoms with Crippen molar-refractivity contribution in [2.24, 2.45) is 0 Å². The summed E-state index contributed by atoms with van der Waals surface area (Å²) in [5.41, 5.74) is 1.69. The van der Waals surface area contributed by atoms with E-state index in [1.807, 2.05) is 0 Å². The Morgan fingerprint density at radius 3 is 2.57 bits per heavy atom. The van der Waals surface area contributed by atoms with Gasteiger partial charge in [-0.25, -0.2) is 9.37 Å². The first-order valence-electron chi connectivity index (χ1n) is 8.87. The number of aliphatic hydroxyl groups excluding tert-OH is 1. The zero-order valence-corrected chi connectivity index (χ0v) is 15.8. The van der Waals surface area contributed by atoms with E-state index in [1.54, 1.807) is 19.1 Å². The van der Waals surface area contributed by atoms with Crippen molar-refractivity contribution in [3.8, 4) is 17.0 Å². The molecule has 0 amide bonds. The number of nitrogens with zero attached hydrogens (tertiary/aromatic N) is 2. The summed E-state index contributed by atoms with van der Waals surface area (Å²) in [4.78, 5) is 8.56. The maximum Gasteiger partial charge on any atom is 0.573 e. The molecule has 6 nitrogen and oxygen atoms in total. The van der Waals surface area contributed by atoms with Gasteiger partial charge in [0.1, 0.15) is 17.4 Å². The Labute approximate surface area is 169 Å². The summed E-state index contributed by atoms with van der Waals surface area (Å²) in [5.74, 6) is -0.249. The second kappa shape index (κ2) is 8.95. The van der Waals surface area contributed by atoms with Crippen LogP contribution in [-0.4, -0.2) is 34.6 Å². The topological polar surface area (TPSA) is 79.3 Å². The number of aliphatic hydroxyl groups is 1. The van der Waals surface area contributed by atoms with Gasteiger partial charge in [-0.15, -0.1) is 13.2 Å². The molecular weight excluding hydrogens is 404 g/mol. The number of benzene rings is 2. The lowest BCUT2D eigenvalue weighted by Gasteiger charge is -2.13. The standard InChI is InChI=1S/C20H18F4N4O2/c1-12-9-14(5-6-16(12)21)26-18-11-17(27-19(28-18)25-7-8-29)13-3-2-4-15(10-13)30-20(22,23)24/h2-6,9-11,29H,7-8H2,1H3,(H2,25,26,27,28). The molecule has 0 aliphatic heterocycles. The van der Waals surface area contributed by atoms with E-state index in [1.165, 1.54) is 36.4 Å². The number of hydrogen-bond acceptors (Lipinski definition) is 6. The Hall–Kier alpha value is -3.40. The Morgan fingerprint density at radius 1 is 1.07 bits per heavy atom. The van der Waals surface area contributed by atoms with Gasteiger partial charge in [0.25, 0.3) is 0 Å². The van der Waals surface area contributed by atoms with E-state index in [2.05, 4.69) is 25.3 Å². The van der Waals surface area contributed by atoms with Crippen LogP contribution in [-0.2, 0) is 0 Å². The van der Waals surface area contributed by atoms with Gasteiger partial charge in [-0.2, -0.15) is 4.98 Å². The Balaban J connectivity index is 1.96. The van der Waals surface area contributed by atoms with Crippen molar-refractivity contribution >= 4 is 17.5 Å². The monoisotopic (exact) mass is 422 g/mol. The molecule has 0 unspecified atom stereocenters.